The third-order valence-electron chi connectivity index (χ3n) is 3.10. The van der Waals surface area contributed by atoms with Crippen molar-refractivity contribution >= 4 is 5.57 Å². The van der Waals surface area contributed by atoms with Crippen LogP contribution < -0.4 is 0 Å². The second-order valence-corrected chi connectivity index (χ2v) is 4.24. The topological polar surface area (TPSA) is 0 Å². The van der Waals surface area contributed by atoms with Gasteiger partial charge in [-0.05, 0) is 35.5 Å². The molecule has 0 spiro atoms. The summed E-state index contributed by atoms with van der Waals surface area (Å²) in [6.07, 6.45) is -3.58. The van der Waals surface area contributed by atoms with Crippen molar-refractivity contribution in [3.8, 4) is 0 Å². The molecule has 0 saturated heterocycles. The van der Waals surface area contributed by atoms with Crippen molar-refractivity contribution in [1.82, 2.24) is 0 Å². The maximum absolute atomic E-state index is 12.3. The van der Waals surface area contributed by atoms with Crippen LogP contribution >= 0.6 is 0 Å². The van der Waals surface area contributed by atoms with Crippen LogP contribution in [0.15, 0.2) is 30.8 Å². The zero-order chi connectivity index (χ0) is 11.8. The fourth-order valence-corrected chi connectivity index (χ4v) is 2.28. The summed E-state index contributed by atoms with van der Waals surface area (Å²) < 4.78 is 37.0. The van der Waals surface area contributed by atoms with Crippen molar-refractivity contribution in [2.75, 3.05) is 0 Å². The summed E-state index contributed by atoms with van der Waals surface area (Å²) in [5, 5.41) is 0. The molecular weight excluding hydrogens is 213 g/mol. The maximum Gasteiger partial charge on any atom is 0.389 e. The first-order valence-corrected chi connectivity index (χ1v) is 5.31. The van der Waals surface area contributed by atoms with Gasteiger partial charge in [-0.2, -0.15) is 13.2 Å². The Labute approximate surface area is 92.8 Å². The van der Waals surface area contributed by atoms with Gasteiger partial charge in [0.1, 0.15) is 0 Å². The van der Waals surface area contributed by atoms with Crippen LogP contribution in [-0.4, -0.2) is 6.18 Å². The number of fused-ring (bicyclic) bond motifs is 1. The molecule has 3 heteroatoms. The molecule has 1 atom stereocenters. The van der Waals surface area contributed by atoms with E-state index in [4.69, 9.17) is 0 Å². The van der Waals surface area contributed by atoms with E-state index in [-0.39, 0.29) is 0 Å². The Morgan fingerprint density at radius 3 is 2.62 bits per heavy atom. The van der Waals surface area contributed by atoms with Crippen LogP contribution in [0.2, 0.25) is 0 Å². The van der Waals surface area contributed by atoms with Gasteiger partial charge in [0.25, 0.3) is 0 Å². The first-order valence-electron chi connectivity index (χ1n) is 5.31. The monoisotopic (exact) mass is 226 g/mol. The molecule has 0 bridgehead atoms. The molecule has 0 N–H and O–H groups in total. The number of hydrogen-bond acceptors (Lipinski definition) is 0. The Morgan fingerprint density at radius 1 is 1.25 bits per heavy atom. The fraction of sp³-hybridized carbons (Fsp3) is 0.385. The normalized spacial score (nSPS) is 20.7. The van der Waals surface area contributed by atoms with Gasteiger partial charge in [-0.1, -0.05) is 30.8 Å². The van der Waals surface area contributed by atoms with Gasteiger partial charge < -0.3 is 0 Å². The molecule has 0 amide bonds. The number of rotatable bonds is 1. The van der Waals surface area contributed by atoms with Gasteiger partial charge in [-0.25, -0.2) is 0 Å². The second-order valence-electron chi connectivity index (χ2n) is 4.24. The summed E-state index contributed by atoms with van der Waals surface area (Å²) in [6.45, 7) is 3.82. The summed E-state index contributed by atoms with van der Waals surface area (Å²) in [7, 11) is 0. The van der Waals surface area contributed by atoms with Crippen LogP contribution in [-0.2, 0) is 6.42 Å². The average Bonchev–Trinajstić information content (AvgIpc) is 2.21. The zero-order valence-corrected chi connectivity index (χ0v) is 8.85. The van der Waals surface area contributed by atoms with E-state index in [1.807, 2.05) is 24.3 Å². The Balaban J connectivity index is 2.22. The molecule has 86 valence electrons. The Morgan fingerprint density at radius 2 is 1.94 bits per heavy atom. The number of alkyl halides is 3. The van der Waals surface area contributed by atoms with Crippen LogP contribution in [0.1, 0.15) is 24.0 Å². The fourth-order valence-electron chi connectivity index (χ4n) is 2.28. The molecule has 0 aromatic heterocycles. The van der Waals surface area contributed by atoms with Crippen LogP contribution in [0.5, 0.6) is 0 Å². The van der Waals surface area contributed by atoms with Gasteiger partial charge in [0.15, 0.2) is 0 Å². The summed E-state index contributed by atoms with van der Waals surface area (Å²) in [5.41, 5.74) is 2.66. The molecule has 0 radical (unpaired) electrons. The molecule has 0 saturated carbocycles. The van der Waals surface area contributed by atoms with E-state index in [1.165, 1.54) is 0 Å². The van der Waals surface area contributed by atoms with E-state index in [1.54, 1.807) is 0 Å². The highest BCUT2D eigenvalue weighted by Crippen LogP contribution is 2.40. The lowest BCUT2D eigenvalue weighted by Crippen LogP contribution is -2.20. The van der Waals surface area contributed by atoms with E-state index in [0.717, 1.165) is 17.5 Å². The van der Waals surface area contributed by atoms with Crippen molar-refractivity contribution in [1.29, 1.82) is 0 Å². The second kappa shape index (κ2) is 3.96. The van der Waals surface area contributed by atoms with Crippen LogP contribution in [0.25, 0.3) is 5.57 Å². The van der Waals surface area contributed by atoms with Crippen molar-refractivity contribution in [3.63, 3.8) is 0 Å². The predicted molar refractivity (Wildman–Crippen MR) is 58.0 cm³/mol. The maximum atomic E-state index is 12.3. The molecule has 16 heavy (non-hydrogen) atoms. The largest absolute Gasteiger partial charge is 0.389 e. The minimum absolute atomic E-state index is 0.449. The molecule has 1 aromatic rings. The van der Waals surface area contributed by atoms with E-state index in [0.29, 0.717) is 12.0 Å². The van der Waals surface area contributed by atoms with E-state index in [2.05, 4.69) is 6.58 Å². The molecular formula is C13H13F3. The Hall–Kier alpha value is -1.25. The number of halogens is 3. The lowest BCUT2D eigenvalue weighted by molar-refractivity contribution is -0.141. The minimum Gasteiger partial charge on any atom is -0.171 e. The molecule has 0 aliphatic heterocycles. The van der Waals surface area contributed by atoms with Crippen molar-refractivity contribution < 1.29 is 13.2 Å². The first kappa shape index (κ1) is 11.2. The number of allylic oxidation sites excluding steroid dienone is 1. The SMILES string of the molecule is C=C1c2ccccc2CCC1CC(F)(F)F. The lowest BCUT2D eigenvalue weighted by Gasteiger charge is -2.27. The molecule has 0 nitrogen and oxygen atoms in total. The van der Waals surface area contributed by atoms with E-state index in [9.17, 15) is 13.2 Å². The third kappa shape index (κ3) is 2.29. The van der Waals surface area contributed by atoms with Crippen molar-refractivity contribution in [3.05, 3.63) is 42.0 Å². The summed E-state index contributed by atoms with van der Waals surface area (Å²) in [4.78, 5) is 0. The van der Waals surface area contributed by atoms with Gasteiger partial charge in [0.05, 0.1) is 6.42 Å². The average molecular weight is 226 g/mol. The highest BCUT2D eigenvalue weighted by Gasteiger charge is 2.34. The van der Waals surface area contributed by atoms with Gasteiger partial charge >= 0.3 is 6.18 Å². The molecule has 1 aliphatic rings. The summed E-state index contributed by atoms with van der Waals surface area (Å²) >= 11 is 0. The summed E-state index contributed by atoms with van der Waals surface area (Å²) in [6, 6.07) is 7.58. The predicted octanol–water partition coefficient (Wildman–Crippen LogP) is 4.21. The Kier molecular flexibility index (Phi) is 2.78. The number of benzene rings is 1. The molecule has 1 unspecified atom stereocenters. The quantitative estimate of drug-likeness (QED) is 0.672. The minimum atomic E-state index is -4.10. The van der Waals surface area contributed by atoms with E-state index >= 15 is 0 Å². The van der Waals surface area contributed by atoms with Gasteiger partial charge in [-0.3, -0.25) is 0 Å². The third-order valence-corrected chi connectivity index (χ3v) is 3.10. The van der Waals surface area contributed by atoms with Crippen molar-refractivity contribution in [2.24, 2.45) is 5.92 Å². The first-order chi connectivity index (χ1) is 7.47. The Bertz CT molecular complexity index is 404. The molecule has 2 rings (SSSR count). The highest BCUT2D eigenvalue weighted by atomic mass is 19.4. The van der Waals surface area contributed by atoms with Gasteiger partial charge in [0.2, 0.25) is 0 Å². The number of hydrogen-bond donors (Lipinski definition) is 0. The van der Waals surface area contributed by atoms with Gasteiger partial charge in [0, 0.05) is 0 Å². The molecule has 1 aliphatic carbocycles. The smallest absolute Gasteiger partial charge is 0.171 e. The summed E-state index contributed by atoms with van der Waals surface area (Å²) in [5.74, 6) is -0.449. The molecule has 1 aromatic carbocycles. The zero-order valence-electron chi connectivity index (χ0n) is 8.85. The highest BCUT2D eigenvalue weighted by molar-refractivity contribution is 5.69. The van der Waals surface area contributed by atoms with E-state index < -0.39 is 18.5 Å². The van der Waals surface area contributed by atoms with Crippen LogP contribution in [0.4, 0.5) is 13.2 Å². The van der Waals surface area contributed by atoms with Crippen LogP contribution in [0, 0.1) is 5.92 Å². The lowest BCUT2D eigenvalue weighted by atomic mass is 9.79. The number of aryl methyl sites for hydroxylation is 1. The standard InChI is InChI=1S/C13H13F3/c1-9-11(8-13(14,15)16)7-6-10-4-2-3-5-12(9)10/h2-5,11H,1,6-8H2. The molecule has 0 fully saturated rings. The van der Waals surface area contributed by atoms with Crippen molar-refractivity contribution in [2.45, 2.75) is 25.4 Å². The molecule has 0 heterocycles. The van der Waals surface area contributed by atoms with Crippen LogP contribution in [0.3, 0.4) is 0 Å². The van der Waals surface area contributed by atoms with Gasteiger partial charge in [-0.15, -0.1) is 0 Å².